The summed E-state index contributed by atoms with van der Waals surface area (Å²) in [5.41, 5.74) is -0.424. The molecule has 4 heteroatoms. The first-order chi connectivity index (χ1) is 6.94. The van der Waals surface area contributed by atoms with Gasteiger partial charge in [-0.15, -0.1) is 0 Å². The van der Waals surface area contributed by atoms with E-state index in [9.17, 15) is 4.79 Å². The lowest BCUT2D eigenvalue weighted by Crippen LogP contribution is -2.46. The van der Waals surface area contributed by atoms with Crippen LogP contribution in [0, 0.1) is 5.92 Å². The van der Waals surface area contributed by atoms with Crippen molar-refractivity contribution in [3.8, 4) is 0 Å². The normalized spacial score (nSPS) is 27.5. The van der Waals surface area contributed by atoms with E-state index in [-0.39, 0.29) is 18.0 Å². The maximum Gasteiger partial charge on any atom is 0.313 e. The number of hydrogen-bond acceptors (Lipinski definition) is 4. The van der Waals surface area contributed by atoms with Gasteiger partial charge in [-0.05, 0) is 33.7 Å². The third-order valence-corrected chi connectivity index (χ3v) is 2.43. The number of nitrogens with one attached hydrogen (secondary N) is 1. The number of rotatable bonds is 2. The molecule has 1 saturated heterocycles. The zero-order chi connectivity index (χ0) is 11.5. The Labute approximate surface area is 91.3 Å². The van der Waals surface area contributed by atoms with Crippen molar-refractivity contribution in [2.24, 2.45) is 5.92 Å². The molecule has 4 nitrogen and oxygen atoms in total. The van der Waals surface area contributed by atoms with Crippen molar-refractivity contribution in [2.75, 3.05) is 20.2 Å². The van der Waals surface area contributed by atoms with Gasteiger partial charge in [0.1, 0.15) is 5.60 Å². The van der Waals surface area contributed by atoms with Crippen LogP contribution in [-0.4, -0.2) is 37.9 Å². The number of hydrogen-bond donors (Lipinski definition) is 1. The molecule has 1 fully saturated rings. The lowest BCUT2D eigenvalue weighted by molar-refractivity contribution is -0.165. The summed E-state index contributed by atoms with van der Waals surface area (Å²) in [6, 6.07) is 0. The highest BCUT2D eigenvalue weighted by Crippen LogP contribution is 2.19. The second-order valence-corrected chi connectivity index (χ2v) is 4.91. The van der Waals surface area contributed by atoms with E-state index in [0.717, 1.165) is 13.0 Å². The van der Waals surface area contributed by atoms with Crippen molar-refractivity contribution in [2.45, 2.75) is 38.9 Å². The van der Waals surface area contributed by atoms with Crippen LogP contribution in [0.2, 0.25) is 0 Å². The van der Waals surface area contributed by atoms with Gasteiger partial charge in [-0.2, -0.15) is 0 Å². The molecular formula is C11H21NO3. The van der Waals surface area contributed by atoms with Gasteiger partial charge in [-0.25, -0.2) is 0 Å². The average Bonchev–Trinajstić information content (AvgIpc) is 2.15. The third kappa shape index (κ3) is 3.80. The highest BCUT2D eigenvalue weighted by molar-refractivity contribution is 5.74. The first kappa shape index (κ1) is 12.5. The number of methoxy groups -OCH3 is 1. The summed E-state index contributed by atoms with van der Waals surface area (Å²) in [5, 5.41) is 3.18. The summed E-state index contributed by atoms with van der Waals surface area (Å²) < 4.78 is 10.6. The fourth-order valence-corrected chi connectivity index (χ4v) is 1.73. The molecular weight excluding hydrogens is 194 g/mol. The zero-order valence-corrected chi connectivity index (χ0v) is 10.0. The van der Waals surface area contributed by atoms with Gasteiger partial charge in [0.25, 0.3) is 0 Å². The molecule has 0 spiro atoms. The maximum absolute atomic E-state index is 11.8. The topological polar surface area (TPSA) is 47.6 Å². The Bertz CT molecular complexity index is 222. The minimum absolute atomic E-state index is 0.0129. The first-order valence-electron chi connectivity index (χ1n) is 5.40. The van der Waals surface area contributed by atoms with E-state index in [4.69, 9.17) is 9.47 Å². The second kappa shape index (κ2) is 4.94. The standard InChI is InChI=1S/C11H21NO3/c1-11(2,3)15-10(13)8-7-12-6-5-9(8)14-4/h8-9,12H,5-7H2,1-4H3. The Morgan fingerprint density at radius 2 is 2.07 bits per heavy atom. The van der Waals surface area contributed by atoms with Crippen LogP contribution in [0.1, 0.15) is 27.2 Å². The highest BCUT2D eigenvalue weighted by Gasteiger charge is 2.34. The Morgan fingerprint density at radius 1 is 1.40 bits per heavy atom. The van der Waals surface area contributed by atoms with Gasteiger partial charge in [0.05, 0.1) is 12.0 Å². The van der Waals surface area contributed by atoms with Gasteiger partial charge in [0.15, 0.2) is 0 Å². The molecule has 1 rings (SSSR count). The first-order valence-corrected chi connectivity index (χ1v) is 5.40. The molecule has 88 valence electrons. The van der Waals surface area contributed by atoms with Crippen molar-refractivity contribution in [3.05, 3.63) is 0 Å². The van der Waals surface area contributed by atoms with Gasteiger partial charge in [0.2, 0.25) is 0 Å². The molecule has 0 saturated carbocycles. The number of esters is 1. The monoisotopic (exact) mass is 215 g/mol. The summed E-state index contributed by atoms with van der Waals surface area (Å²) in [4.78, 5) is 11.8. The van der Waals surface area contributed by atoms with Gasteiger partial charge >= 0.3 is 5.97 Å². The van der Waals surface area contributed by atoms with E-state index in [1.54, 1.807) is 7.11 Å². The summed E-state index contributed by atoms with van der Waals surface area (Å²) in [6.07, 6.45) is 0.849. The highest BCUT2D eigenvalue weighted by atomic mass is 16.6. The summed E-state index contributed by atoms with van der Waals surface area (Å²) in [6.45, 7) is 7.18. The predicted octanol–water partition coefficient (Wildman–Crippen LogP) is 0.953. The van der Waals surface area contributed by atoms with E-state index in [2.05, 4.69) is 5.32 Å². The zero-order valence-electron chi connectivity index (χ0n) is 10.0. The van der Waals surface area contributed by atoms with Crippen molar-refractivity contribution in [1.82, 2.24) is 5.32 Å². The van der Waals surface area contributed by atoms with Crippen LogP contribution in [0.3, 0.4) is 0 Å². The minimum atomic E-state index is -0.424. The maximum atomic E-state index is 11.8. The van der Waals surface area contributed by atoms with Gasteiger partial charge < -0.3 is 14.8 Å². The number of carbonyl (C=O) groups excluding carboxylic acids is 1. The average molecular weight is 215 g/mol. The summed E-state index contributed by atoms with van der Waals surface area (Å²) in [7, 11) is 1.65. The molecule has 1 N–H and O–H groups in total. The lowest BCUT2D eigenvalue weighted by atomic mass is 9.96. The smallest absolute Gasteiger partial charge is 0.313 e. The predicted molar refractivity (Wildman–Crippen MR) is 57.6 cm³/mol. The van der Waals surface area contributed by atoms with E-state index in [1.165, 1.54) is 0 Å². The quantitative estimate of drug-likeness (QED) is 0.697. The summed E-state index contributed by atoms with van der Waals surface area (Å²) >= 11 is 0. The van der Waals surface area contributed by atoms with Crippen LogP contribution >= 0.6 is 0 Å². The Balaban J connectivity index is 2.56. The molecule has 0 amide bonds. The largest absolute Gasteiger partial charge is 0.460 e. The fraction of sp³-hybridized carbons (Fsp3) is 0.909. The lowest BCUT2D eigenvalue weighted by Gasteiger charge is -2.31. The van der Waals surface area contributed by atoms with E-state index >= 15 is 0 Å². The molecule has 0 aliphatic carbocycles. The van der Waals surface area contributed by atoms with E-state index in [0.29, 0.717) is 6.54 Å². The molecule has 0 bridgehead atoms. The van der Waals surface area contributed by atoms with Gasteiger partial charge in [0, 0.05) is 13.7 Å². The van der Waals surface area contributed by atoms with Crippen LogP contribution in [0.4, 0.5) is 0 Å². The SMILES string of the molecule is COC1CCNCC1C(=O)OC(C)(C)C. The van der Waals surface area contributed by atoms with Crippen molar-refractivity contribution < 1.29 is 14.3 Å². The molecule has 0 aromatic carbocycles. The molecule has 2 unspecified atom stereocenters. The van der Waals surface area contributed by atoms with Gasteiger partial charge in [-0.1, -0.05) is 0 Å². The number of piperidine rings is 1. The Hall–Kier alpha value is -0.610. The summed E-state index contributed by atoms with van der Waals surface area (Å²) in [5.74, 6) is -0.343. The van der Waals surface area contributed by atoms with Crippen molar-refractivity contribution in [1.29, 1.82) is 0 Å². The molecule has 0 radical (unpaired) electrons. The van der Waals surface area contributed by atoms with Crippen LogP contribution in [0.15, 0.2) is 0 Å². The van der Waals surface area contributed by atoms with E-state index < -0.39 is 5.60 Å². The minimum Gasteiger partial charge on any atom is -0.460 e. The molecule has 0 aromatic rings. The molecule has 15 heavy (non-hydrogen) atoms. The van der Waals surface area contributed by atoms with Crippen molar-refractivity contribution in [3.63, 3.8) is 0 Å². The fourth-order valence-electron chi connectivity index (χ4n) is 1.73. The van der Waals surface area contributed by atoms with Gasteiger partial charge in [-0.3, -0.25) is 4.79 Å². The van der Waals surface area contributed by atoms with Crippen LogP contribution in [-0.2, 0) is 14.3 Å². The molecule has 1 aliphatic heterocycles. The van der Waals surface area contributed by atoms with Crippen LogP contribution in [0.25, 0.3) is 0 Å². The Kier molecular flexibility index (Phi) is 4.11. The van der Waals surface area contributed by atoms with Crippen LogP contribution in [0.5, 0.6) is 0 Å². The second-order valence-electron chi connectivity index (χ2n) is 4.91. The van der Waals surface area contributed by atoms with Crippen molar-refractivity contribution >= 4 is 5.97 Å². The molecule has 2 atom stereocenters. The Morgan fingerprint density at radius 3 is 2.60 bits per heavy atom. The molecule has 1 aliphatic rings. The molecule has 1 heterocycles. The molecule has 0 aromatic heterocycles. The number of carbonyl (C=O) groups is 1. The van der Waals surface area contributed by atoms with E-state index in [1.807, 2.05) is 20.8 Å². The number of ether oxygens (including phenoxy) is 2. The third-order valence-electron chi connectivity index (χ3n) is 2.43. The van der Waals surface area contributed by atoms with Crippen LogP contribution < -0.4 is 5.32 Å².